The highest BCUT2D eigenvalue weighted by Gasteiger charge is 2.36. The van der Waals surface area contributed by atoms with Crippen molar-refractivity contribution in [3.63, 3.8) is 0 Å². The number of fused-ring (bicyclic) bond motifs is 1. The molecule has 3 atom stereocenters. The minimum absolute atomic E-state index is 0.375. The Labute approximate surface area is 110 Å². The van der Waals surface area contributed by atoms with E-state index in [1.54, 1.807) is 0 Å². The van der Waals surface area contributed by atoms with Gasteiger partial charge >= 0.3 is 0 Å². The molecule has 2 fully saturated rings. The predicted molar refractivity (Wildman–Crippen MR) is 73.8 cm³/mol. The van der Waals surface area contributed by atoms with Gasteiger partial charge in [0.25, 0.3) is 0 Å². The van der Waals surface area contributed by atoms with Crippen molar-refractivity contribution in [3.8, 4) is 0 Å². The number of amidine groups is 1. The van der Waals surface area contributed by atoms with Gasteiger partial charge in [-0.1, -0.05) is 24.9 Å². The van der Waals surface area contributed by atoms with Gasteiger partial charge in [0.05, 0.1) is 0 Å². The maximum Gasteiger partial charge on any atom is 0.140 e. The summed E-state index contributed by atoms with van der Waals surface area (Å²) < 4.78 is 0. The van der Waals surface area contributed by atoms with Crippen LogP contribution >= 0.6 is 0 Å². The highest BCUT2D eigenvalue weighted by molar-refractivity contribution is 5.80. The number of rotatable bonds is 4. The SMILES string of the molecule is CCC(C/C(N)=N/O)N1CCCC2CCCCC21. The molecule has 0 amide bonds. The first-order valence-electron chi connectivity index (χ1n) is 7.48. The van der Waals surface area contributed by atoms with Crippen molar-refractivity contribution in [1.29, 1.82) is 0 Å². The van der Waals surface area contributed by atoms with Crippen LogP contribution in [0.4, 0.5) is 0 Å². The van der Waals surface area contributed by atoms with Crippen LogP contribution in [0.2, 0.25) is 0 Å². The van der Waals surface area contributed by atoms with Crippen molar-refractivity contribution in [2.24, 2.45) is 16.8 Å². The maximum atomic E-state index is 8.75. The lowest BCUT2D eigenvalue weighted by molar-refractivity contribution is 0.0262. The summed E-state index contributed by atoms with van der Waals surface area (Å²) in [6, 6.07) is 1.20. The van der Waals surface area contributed by atoms with Gasteiger partial charge < -0.3 is 10.9 Å². The number of hydrogen-bond acceptors (Lipinski definition) is 3. The lowest BCUT2D eigenvalue weighted by Crippen LogP contribution is -2.52. The van der Waals surface area contributed by atoms with Gasteiger partial charge in [-0.05, 0) is 44.6 Å². The second kappa shape index (κ2) is 6.41. The fourth-order valence-electron chi connectivity index (χ4n) is 3.89. The molecule has 0 aromatic carbocycles. The average Bonchev–Trinajstić information content (AvgIpc) is 2.44. The molecule has 104 valence electrons. The number of hydrogen-bond donors (Lipinski definition) is 2. The monoisotopic (exact) mass is 253 g/mol. The molecule has 0 bridgehead atoms. The highest BCUT2D eigenvalue weighted by Crippen LogP contribution is 2.37. The van der Waals surface area contributed by atoms with E-state index in [9.17, 15) is 0 Å². The first kappa shape index (κ1) is 13.7. The zero-order chi connectivity index (χ0) is 13.0. The zero-order valence-corrected chi connectivity index (χ0v) is 11.5. The summed E-state index contributed by atoms with van der Waals surface area (Å²) in [6.45, 7) is 3.40. The summed E-state index contributed by atoms with van der Waals surface area (Å²) >= 11 is 0. The van der Waals surface area contributed by atoms with E-state index >= 15 is 0 Å². The van der Waals surface area contributed by atoms with Crippen molar-refractivity contribution in [3.05, 3.63) is 0 Å². The molecule has 0 aromatic rings. The molecule has 2 aliphatic rings. The van der Waals surface area contributed by atoms with Crippen LogP contribution in [-0.2, 0) is 0 Å². The molecule has 3 unspecified atom stereocenters. The Morgan fingerprint density at radius 3 is 2.78 bits per heavy atom. The molecule has 2 rings (SSSR count). The summed E-state index contributed by atoms with van der Waals surface area (Å²) in [5.41, 5.74) is 5.70. The Balaban J connectivity index is 2.03. The number of likely N-dealkylation sites (tertiary alicyclic amines) is 1. The molecule has 4 nitrogen and oxygen atoms in total. The Kier molecular flexibility index (Phi) is 4.87. The van der Waals surface area contributed by atoms with E-state index < -0.39 is 0 Å². The van der Waals surface area contributed by atoms with Gasteiger partial charge in [0.15, 0.2) is 0 Å². The van der Waals surface area contributed by atoms with Crippen LogP contribution in [0.25, 0.3) is 0 Å². The normalized spacial score (nSPS) is 31.9. The summed E-state index contributed by atoms with van der Waals surface area (Å²) in [5, 5.41) is 11.9. The molecule has 4 heteroatoms. The molecular formula is C14H27N3O. The van der Waals surface area contributed by atoms with Crippen LogP contribution in [0, 0.1) is 5.92 Å². The smallest absolute Gasteiger partial charge is 0.140 e. The largest absolute Gasteiger partial charge is 0.409 e. The summed E-state index contributed by atoms with van der Waals surface area (Å²) in [6.07, 6.45) is 10.0. The van der Waals surface area contributed by atoms with E-state index in [0.717, 1.165) is 18.4 Å². The third-order valence-corrected chi connectivity index (χ3v) is 4.80. The average molecular weight is 253 g/mol. The van der Waals surface area contributed by atoms with Crippen LogP contribution < -0.4 is 5.73 Å². The van der Waals surface area contributed by atoms with E-state index in [0.29, 0.717) is 18.3 Å². The van der Waals surface area contributed by atoms with E-state index in [2.05, 4.69) is 17.0 Å². The van der Waals surface area contributed by atoms with Crippen LogP contribution in [0.15, 0.2) is 5.16 Å². The molecule has 1 aliphatic heterocycles. The fourth-order valence-corrected chi connectivity index (χ4v) is 3.89. The predicted octanol–water partition coefficient (Wildman–Crippen LogP) is 2.56. The van der Waals surface area contributed by atoms with Crippen LogP contribution in [0.1, 0.15) is 58.3 Å². The van der Waals surface area contributed by atoms with Crippen molar-refractivity contribution in [2.45, 2.75) is 70.4 Å². The Morgan fingerprint density at radius 2 is 2.06 bits per heavy atom. The van der Waals surface area contributed by atoms with Crippen molar-refractivity contribution < 1.29 is 5.21 Å². The lowest BCUT2D eigenvalue weighted by Gasteiger charge is -2.47. The first-order chi connectivity index (χ1) is 8.76. The fraction of sp³-hybridized carbons (Fsp3) is 0.929. The first-order valence-corrected chi connectivity index (χ1v) is 7.48. The molecule has 0 radical (unpaired) electrons. The summed E-state index contributed by atoms with van der Waals surface area (Å²) in [5.74, 6) is 1.27. The van der Waals surface area contributed by atoms with Crippen molar-refractivity contribution >= 4 is 5.84 Å². The molecule has 1 saturated heterocycles. The second-order valence-corrected chi connectivity index (χ2v) is 5.85. The zero-order valence-electron chi connectivity index (χ0n) is 11.5. The van der Waals surface area contributed by atoms with Crippen LogP contribution in [-0.4, -0.2) is 34.6 Å². The summed E-state index contributed by atoms with van der Waals surface area (Å²) in [4.78, 5) is 2.66. The van der Waals surface area contributed by atoms with E-state index in [1.165, 1.54) is 45.1 Å². The molecule has 1 saturated carbocycles. The topological polar surface area (TPSA) is 61.9 Å². The van der Waals surface area contributed by atoms with Gasteiger partial charge in [-0.2, -0.15) is 0 Å². The lowest BCUT2D eigenvalue weighted by atomic mass is 9.77. The van der Waals surface area contributed by atoms with Gasteiger partial charge in [-0.3, -0.25) is 4.90 Å². The molecule has 3 N–H and O–H groups in total. The molecule has 1 heterocycles. The highest BCUT2D eigenvalue weighted by atomic mass is 16.4. The third-order valence-electron chi connectivity index (χ3n) is 4.80. The number of nitrogens with zero attached hydrogens (tertiary/aromatic N) is 2. The van der Waals surface area contributed by atoms with Gasteiger partial charge in [-0.15, -0.1) is 0 Å². The van der Waals surface area contributed by atoms with Crippen molar-refractivity contribution in [1.82, 2.24) is 4.90 Å². The standard InChI is InChI=1S/C14H27N3O/c1-2-12(10-14(15)16-18)17-9-5-7-11-6-3-4-8-13(11)17/h11-13,18H,2-10H2,1H3,(H2,15,16). The van der Waals surface area contributed by atoms with Crippen molar-refractivity contribution in [2.75, 3.05) is 6.54 Å². The maximum absolute atomic E-state index is 8.75. The Morgan fingerprint density at radius 1 is 1.33 bits per heavy atom. The summed E-state index contributed by atoms with van der Waals surface area (Å²) in [7, 11) is 0. The molecule has 1 aliphatic carbocycles. The van der Waals surface area contributed by atoms with Gasteiger partial charge in [0.1, 0.15) is 5.84 Å². The molecule has 0 aromatic heterocycles. The van der Waals surface area contributed by atoms with Gasteiger partial charge in [0.2, 0.25) is 0 Å². The van der Waals surface area contributed by atoms with Gasteiger partial charge in [-0.25, -0.2) is 0 Å². The van der Waals surface area contributed by atoms with E-state index in [-0.39, 0.29) is 0 Å². The quantitative estimate of drug-likeness (QED) is 0.350. The van der Waals surface area contributed by atoms with Crippen LogP contribution in [0.5, 0.6) is 0 Å². The minimum Gasteiger partial charge on any atom is -0.409 e. The molecular weight excluding hydrogens is 226 g/mol. The second-order valence-electron chi connectivity index (χ2n) is 5.85. The molecule has 0 spiro atoms. The minimum atomic E-state index is 0.375. The Hall–Kier alpha value is -0.770. The number of nitrogens with two attached hydrogens (primary N) is 1. The number of oxime groups is 1. The van der Waals surface area contributed by atoms with E-state index in [1.807, 2.05) is 0 Å². The van der Waals surface area contributed by atoms with E-state index in [4.69, 9.17) is 10.9 Å². The number of piperidine rings is 1. The molecule has 18 heavy (non-hydrogen) atoms. The van der Waals surface area contributed by atoms with Gasteiger partial charge in [0, 0.05) is 18.5 Å². The Bertz CT molecular complexity index is 291. The third kappa shape index (κ3) is 2.97. The van der Waals surface area contributed by atoms with Crippen LogP contribution in [0.3, 0.4) is 0 Å².